The van der Waals surface area contributed by atoms with Gasteiger partial charge in [-0.15, -0.1) is 13.2 Å². The number of nitrogens with zero attached hydrogens (tertiary/aromatic N) is 1. The molecule has 0 aromatic heterocycles. The van der Waals surface area contributed by atoms with E-state index in [-0.39, 0.29) is 11.4 Å². The Labute approximate surface area is 136 Å². The monoisotopic (exact) mass is 367 g/mol. The zero-order valence-electron chi connectivity index (χ0n) is 12.7. The number of benzene rings is 1. The topological polar surface area (TPSA) is 83.9 Å². The zero-order chi connectivity index (χ0) is 18.1. The molecule has 0 amide bonds. The average molecular weight is 367 g/mol. The number of piperidine rings is 1. The van der Waals surface area contributed by atoms with E-state index in [1.54, 1.807) is 0 Å². The second-order valence-corrected chi connectivity index (χ2v) is 7.36. The van der Waals surface area contributed by atoms with Crippen LogP contribution in [0.2, 0.25) is 0 Å². The lowest BCUT2D eigenvalue weighted by Gasteiger charge is -2.36. The molecule has 0 bridgehead atoms. The van der Waals surface area contributed by atoms with Gasteiger partial charge in [-0.05, 0) is 31.9 Å². The Kier molecular flexibility index (Phi) is 5.09. The van der Waals surface area contributed by atoms with Crippen molar-refractivity contribution in [3.05, 3.63) is 24.3 Å². The summed E-state index contributed by atoms with van der Waals surface area (Å²) in [5, 5.41) is 9.17. The van der Waals surface area contributed by atoms with E-state index in [1.165, 1.54) is 6.92 Å². The Hall–Kier alpha value is -1.81. The van der Waals surface area contributed by atoms with Crippen LogP contribution in [-0.4, -0.2) is 42.7 Å². The fourth-order valence-corrected chi connectivity index (χ4v) is 4.49. The predicted octanol–water partition coefficient (Wildman–Crippen LogP) is 2.46. The number of carboxylic acids is 1. The van der Waals surface area contributed by atoms with Gasteiger partial charge in [0.15, 0.2) is 0 Å². The highest BCUT2D eigenvalue weighted by molar-refractivity contribution is 7.89. The maximum Gasteiger partial charge on any atom is 0.573 e. The maximum atomic E-state index is 12.7. The molecule has 1 aromatic rings. The Balaban J connectivity index is 2.33. The van der Waals surface area contributed by atoms with Crippen LogP contribution in [0, 0.1) is 5.92 Å². The van der Waals surface area contributed by atoms with Crippen LogP contribution in [0.3, 0.4) is 0 Å². The minimum absolute atomic E-state index is 0.109. The third kappa shape index (κ3) is 3.99. The molecule has 0 spiro atoms. The largest absolute Gasteiger partial charge is 0.573 e. The van der Waals surface area contributed by atoms with Crippen LogP contribution < -0.4 is 4.74 Å². The number of ether oxygens (including phenoxy) is 1. The number of aliphatic carboxylic acids is 1. The molecule has 134 valence electrons. The summed E-state index contributed by atoms with van der Waals surface area (Å²) in [5.74, 6) is -2.61. The van der Waals surface area contributed by atoms with Gasteiger partial charge in [0.25, 0.3) is 0 Å². The van der Waals surface area contributed by atoms with E-state index in [0.717, 1.165) is 28.6 Å². The first-order valence-electron chi connectivity index (χ1n) is 7.13. The Bertz CT molecular complexity index is 719. The number of carbonyl (C=O) groups is 1. The third-order valence-corrected chi connectivity index (χ3v) is 5.88. The molecule has 1 N–H and O–H groups in total. The number of halogens is 3. The van der Waals surface area contributed by atoms with Gasteiger partial charge in [0.05, 0.1) is 10.8 Å². The van der Waals surface area contributed by atoms with E-state index in [4.69, 9.17) is 5.11 Å². The van der Waals surface area contributed by atoms with Gasteiger partial charge in [-0.2, -0.15) is 4.31 Å². The summed E-state index contributed by atoms with van der Waals surface area (Å²) < 4.78 is 66.9. The Morgan fingerprint density at radius 3 is 2.62 bits per heavy atom. The number of carboxylic acid groups (broad SMARTS) is 1. The molecule has 0 saturated carbocycles. The van der Waals surface area contributed by atoms with Crippen molar-refractivity contribution in [2.75, 3.05) is 6.54 Å². The van der Waals surface area contributed by atoms with Crippen molar-refractivity contribution in [1.82, 2.24) is 4.31 Å². The first-order chi connectivity index (χ1) is 11.0. The second kappa shape index (κ2) is 6.60. The second-order valence-electron chi connectivity index (χ2n) is 5.47. The van der Waals surface area contributed by atoms with Gasteiger partial charge >= 0.3 is 12.3 Å². The Morgan fingerprint density at radius 1 is 1.38 bits per heavy atom. The van der Waals surface area contributed by atoms with Gasteiger partial charge in [0, 0.05) is 18.7 Å². The highest BCUT2D eigenvalue weighted by Crippen LogP contribution is 2.31. The van der Waals surface area contributed by atoms with Crippen LogP contribution in [0.1, 0.15) is 19.8 Å². The number of hydrogen-bond donors (Lipinski definition) is 1. The number of rotatable bonds is 4. The normalized spacial score (nSPS) is 23.0. The molecule has 0 aliphatic carbocycles. The van der Waals surface area contributed by atoms with Gasteiger partial charge in [-0.1, -0.05) is 6.07 Å². The van der Waals surface area contributed by atoms with Crippen molar-refractivity contribution >= 4 is 16.0 Å². The minimum atomic E-state index is -4.94. The van der Waals surface area contributed by atoms with Crippen molar-refractivity contribution in [3.63, 3.8) is 0 Å². The summed E-state index contributed by atoms with van der Waals surface area (Å²) in [4.78, 5) is 10.8. The van der Waals surface area contributed by atoms with Crippen molar-refractivity contribution in [1.29, 1.82) is 0 Å². The van der Waals surface area contributed by atoms with Crippen LogP contribution in [0.5, 0.6) is 5.75 Å². The maximum absolute atomic E-state index is 12.7. The van der Waals surface area contributed by atoms with Crippen LogP contribution >= 0.6 is 0 Å². The molecule has 24 heavy (non-hydrogen) atoms. The van der Waals surface area contributed by atoms with Gasteiger partial charge in [0.1, 0.15) is 5.75 Å². The molecule has 2 atom stereocenters. The van der Waals surface area contributed by atoms with Crippen molar-refractivity contribution in [3.8, 4) is 5.75 Å². The lowest BCUT2D eigenvalue weighted by Crippen LogP contribution is -2.48. The van der Waals surface area contributed by atoms with Gasteiger partial charge < -0.3 is 9.84 Å². The molecule has 1 saturated heterocycles. The first kappa shape index (κ1) is 18.5. The molecule has 2 rings (SSSR count). The van der Waals surface area contributed by atoms with Crippen LogP contribution in [0.25, 0.3) is 0 Å². The predicted molar refractivity (Wildman–Crippen MR) is 76.8 cm³/mol. The molecule has 1 aliphatic rings. The molecular weight excluding hydrogens is 351 g/mol. The quantitative estimate of drug-likeness (QED) is 0.884. The highest BCUT2D eigenvalue weighted by Gasteiger charge is 2.40. The van der Waals surface area contributed by atoms with Gasteiger partial charge in [-0.3, -0.25) is 4.79 Å². The summed E-state index contributed by atoms with van der Waals surface area (Å²) >= 11 is 0. The molecule has 1 aliphatic heterocycles. The number of sulfonamides is 1. The molecule has 6 nitrogen and oxygen atoms in total. The molecule has 0 radical (unpaired) electrons. The van der Waals surface area contributed by atoms with Gasteiger partial charge in [0.2, 0.25) is 10.0 Å². The smallest absolute Gasteiger partial charge is 0.481 e. The number of hydrogen-bond acceptors (Lipinski definition) is 4. The number of alkyl halides is 3. The minimum Gasteiger partial charge on any atom is -0.481 e. The molecule has 1 aromatic carbocycles. The van der Waals surface area contributed by atoms with E-state index in [2.05, 4.69) is 4.74 Å². The van der Waals surface area contributed by atoms with Crippen LogP contribution in [0.15, 0.2) is 29.2 Å². The van der Waals surface area contributed by atoms with E-state index in [9.17, 15) is 26.4 Å². The fraction of sp³-hybridized carbons (Fsp3) is 0.500. The standard InChI is InChI=1S/C14H16F3NO5S/c1-9-12(13(19)20)6-3-7-18(9)24(21,22)11-5-2-4-10(8-11)23-14(15,16)17/h2,4-5,8-9,12H,3,6-7H2,1H3,(H,19,20)/t9-,12-/m1/s1. The van der Waals surface area contributed by atoms with Gasteiger partial charge in [-0.25, -0.2) is 8.42 Å². The highest BCUT2D eigenvalue weighted by atomic mass is 32.2. The molecule has 10 heteroatoms. The lowest BCUT2D eigenvalue weighted by molar-refractivity contribution is -0.274. The zero-order valence-corrected chi connectivity index (χ0v) is 13.5. The SMILES string of the molecule is C[C@@H]1[C@H](C(=O)O)CCCN1S(=O)(=O)c1cccc(OC(F)(F)F)c1. The molecule has 0 unspecified atom stereocenters. The summed E-state index contributed by atoms with van der Waals surface area (Å²) in [6.45, 7) is 1.59. The summed E-state index contributed by atoms with van der Waals surface area (Å²) in [7, 11) is -4.13. The third-order valence-electron chi connectivity index (χ3n) is 3.89. The van der Waals surface area contributed by atoms with E-state index >= 15 is 0 Å². The van der Waals surface area contributed by atoms with Crippen LogP contribution in [0.4, 0.5) is 13.2 Å². The average Bonchev–Trinajstić information content (AvgIpc) is 2.45. The molecule has 1 fully saturated rings. The molecular formula is C14H16F3NO5S. The van der Waals surface area contributed by atoms with E-state index in [0.29, 0.717) is 12.8 Å². The van der Waals surface area contributed by atoms with Crippen molar-refractivity contribution in [2.45, 2.75) is 37.1 Å². The van der Waals surface area contributed by atoms with Crippen LogP contribution in [-0.2, 0) is 14.8 Å². The first-order valence-corrected chi connectivity index (χ1v) is 8.57. The summed E-state index contributed by atoms with van der Waals surface area (Å²) in [6.07, 6.45) is -4.23. The van der Waals surface area contributed by atoms with E-state index < -0.39 is 40.1 Å². The van der Waals surface area contributed by atoms with Crippen molar-refractivity contribution < 1.29 is 36.2 Å². The fourth-order valence-electron chi connectivity index (χ4n) is 2.75. The Morgan fingerprint density at radius 2 is 2.04 bits per heavy atom. The summed E-state index contributed by atoms with van der Waals surface area (Å²) in [5.41, 5.74) is 0. The molecule has 1 heterocycles. The van der Waals surface area contributed by atoms with Crippen molar-refractivity contribution in [2.24, 2.45) is 5.92 Å². The summed E-state index contributed by atoms with van der Waals surface area (Å²) in [6, 6.07) is 3.26. The lowest BCUT2D eigenvalue weighted by atomic mass is 9.92. The van der Waals surface area contributed by atoms with E-state index in [1.807, 2.05) is 0 Å².